The highest BCUT2D eigenvalue weighted by Gasteiger charge is 2.23. The topological polar surface area (TPSA) is 85.2 Å². The van der Waals surface area contributed by atoms with E-state index in [1.54, 1.807) is 43.7 Å². The van der Waals surface area contributed by atoms with Gasteiger partial charge >= 0.3 is 0 Å². The molecule has 8 nitrogen and oxygen atoms in total. The first kappa shape index (κ1) is 24.5. The number of ether oxygens (including phenoxy) is 1. The minimum atomic E-state index is -0.255. The van der Waals surface area contributed by atoms with E-state index in [9.17, 15) is 4.79 Å². The highest BCUT2D eigenvalue weighted by Crippen LogP contribution is 2.33. The summed E-state index contributed by atoms with van der Waals surface area (Å²) in [7, 11) is 1.66. The molecule has 3 aromatic heterocycles. The van der Waals surface area contributed by atoms with E-state index in [4.69, 9.17) is 27.9 Å². The second-order valence-electron chi connectivity index (χ2n) is 8.74. The molecule has 0 spiro atoms. The standard InChI is InChI=1S/C26H26Cl2N6O2/c1-3-34-11-5-6-18(34)15-36-22-10-9-17(14-29-22)31-26-30-13-16-12-19(25(35)33(2)24(16)32-26)23-20(27)7-4-8-21(23)28/h4,7-10,12-14,18H,3,5-6,11,15H2,1-2H3,(H,30,31,32)/t18-/m0/s1. The molecule has 5 rings (SSSR count). The van der Waals surface area contributed by atoms with Crippen LogP contribution < -0.4 is 15.6 Å². The van der Waals surface area contributed by atoms with Gasteiger partial charge in [-0.3, -0.25) is 14.3 Å². The number of hydrogen-bond acceptors (Lipinski definition) is 7. The largest absolute Gasteiger partial charge is 0.476 e. The molecule has 1 aromatic carbocycles. The summed E-state index contributed by atoms with van der Waals surface area (Å²) < 4.78 is 7.38. The Morgan fingerprint density at radius 2 is 1.94 bits per heavy atom. The number of pyridine rings is 2. The Hall–Kier alpha value is -3.20. The van der Waals surface area contributed by atoms with E-state index in [0.29, 0.717) is 62.4 Å². The van der Waals surface area contributed by atoms with Gasteiger partial charge in [-0.2, -0.15) is 4.98 Å². The molecule has 1 atom stereocenters. The normalized spacial score (nSPS) is 15.9. The summed E-state index contributed by atoms with van der Waals surface area (Å²) in [6.45, 7) is 4.98. The van der Waals surface area contributed by atoms with E-state index in [1.807, 2.05) is 12.1 Å². The fourth-order valence-electron chi connectivity index (χ4n) is 4.59. The van der Waals surface area contributed by atoms with Gasteiger partial charge in [0.2, 0.25) is 11.8 Å². The van der Waals surface area contributed by atoms with Crippen LogP contribution in [0.3, 0.4) is 0 Å². The Balaban J connectivity index is 1.34. The van der Waals surface area contributed by atoms with Crippen molar-refractivity contribution in [3.05, 3.63) is 69.2 Å². The van der Waals surface area contributed by atoms with E-state index in [1.165, 1.54) is 11.0 Å². The second-order valence-corrected chi connectivity index (χ2v) is 9.55. The summed E-state index contributed by atoms with van der Waals surface area (Å²) in [6, 6.07) is 11.0. The third kappa shape index (κ3) is 4.89. The highest BCUT2D eigenvalue weighted by molar-refractivity contribution is 6.39. The number of likely N-dealkylation sites (tertiary alicyclic amines) is 1. The van der Waals surface area contributed by atoms with Crippen molar-refractivity contribution in [2.75, 3.05) is 25.0 Å². The molecule has 4 heterocycles. The average Bonchev–Trinajstić information content (AvgIpc) is 3.34. The SMILES string of the molecule is CCN1CCC[C@H]1COc1ccc(Nc2ncc3cc(-c4c(Cl)cccc4Cl)c(=O)n(C)c3n2)cn1. The average molecular weight is 525 g/mol. The molecule has 0 bridgehead atoms. The molecular formula is C26H26Cl2N6O2. The van der Waals surface area contributed by atoms with Crippen LogP contribution in [0.5, 0.6) is 5.88 Å². The number of aromatic nitrogens is 4. The minimum Gasteiger partial charge on any atom is -0.476 e. The zero-order valence-corrected chi connectivity index (χ0v) is 21.6. The van der Waals surface area contributed by atoms with Crippen molar-refractivity contribution >= 4 is 45.9 Å². The molecule has 10 heteroatoms. The predicted molar refractivity (Wildman–Crippen MR) is 144 cm³/mol. The van der Waals surface area contributed by atoms with Gasteiger partial charge in [-0.15, -0.1) is 0 Å². The van der Waals surface area contributed by atoms with Crippen molar-refractivity contribution in [2.45, 2.75) is 25.8 Å². The number of nitrogens with zero attached hydrogens (tertiary/aromatic N) is 5. The lowest BCUT2D eigenvalue weighted by Gasteiger charge is -2.22. The quantitative estimate of drug-likeness (QED) is 0.350. The first-order valence-electron chi connectivity index (χ1n) is 11.9. The molecule has 0 aliphatic carbocycles. The molecule has 0 radical (unpaired) electrons. The van der Waals surface area contributed by atoms with Crippen molar-refractivity contribution < 1.29 is 4.74 Å². The van der Waals surface area contributed by atoms with Crippen molar-refractivity contribution in [3.63, 3.8) is 0 Å². The van der Waals surface area contributed by atoms with Gasteiger partial charge in [-0.05, 0) is 50.2 Å². The fraction of sp³-hybridized carbons (Fsp3) is 0.308. The van der Waals surface area contributed by atoms with E-state index in [0.717, 1.165) is 19.5 Å². The Labute approximate surface area is 218 Å². The summed E-state index contributed by atoms with van der Waals surface area (Å²) >= 11 is 12.7. The maximum absolute atomic E-state index is 13.1. The van der Waals surface area contributed by atoms with Gasteiger partial charge < -0.3 is 10.1 Å². The molecule has 1 N–H and O–H groups in total. The molecule has 1 aliphatic heterocycles. The molecule has 0 saturated carbocycles. The zero-order chi connectivity index (χ0) is 25.2. The van der Waals surface area contributed by atoms with Gasteiger partial charge in [0, 0.05) is 36.3 Å². The van der Waals surface area contributed by atoms with Crippen molar-refractivity contribution in [2.24, 2.45) is 7.05 Å². The molecule has 1 aliphatic rings. The summed E-state index contributed by atoms with van der Waals surface area (Å²) in [5.41, 5.74) is 1.82. The number of fused-ring (bicyclic) bond motifs is 1. The van der Waals surface area contributed by atoms with Crippen LogP contribution in [0, 0.1) is 0 Å². The maximum atomic E-state index is 13.1. The number of rotatable bonds is 7. The van der Waals surface area contributed by atoms with Crippen molar-refractivity contribution in [3.8, 4) is 17.0 Å². The van der Waals surface area contributed by atoms with E-state index in [-0.39, 0.29) is 5.56 Å². The number of aryl methyl sites for hydroxylation is 1. The van der Waals surface area contributed by atoms with Crippen molar-refractivity contribution in [1.29, 1.82) is 0 Å². The number of nitrogens with one attached hydrogen (secondary N) is 1. The van der Waals surface area contributed by atoms with Crippen LogP contribution >= 0.6 is 23.2 Å². The Morgan fingerprint density at radius 3 is 2.67 bits per heavy atom. The van der Waals surface area contributed by atoms with Crippen LogP contribution in [0.1, 0.15) is 19.8 Å². The second kappa shape index (κ2) is 10.4. The molecule has 36 heavy (non-hydrogen) atoms. The Morgan fingerprint density at radius 1 is 1.14 bits per heavy atom. The molecule has 0 amide bonds. The zero-order valence-electron chi connectivity index (χ0n) is 20.0. The van der Waals surface area contributed by atoms with E-state index >= 15 is 0 Å². The van der Waals surface area contributed by atoms with E-state index < -0.39 is 0 Å². The van der Waals surface area contributed by atoms with Crippen LogP contribution in [-0.4, -0.2) is 50.2 Å². The van der Waals surface area contributed by atoms with Gasteiger partial charge in [0.05, 0.1) is 27.5 Å². The Kier molecular flexibility index (Phi) is 7.09. The lowest BCUT2D eigenvalue weighted by atomic mass is 10.1. The first-order valence-corrected chi connectivity index (χ1v) is 12.6. The number of likely N-dealkylation sites (N-methyl/N-ethyl adjacent to an activating group) is 1. The number of hydrogen-bond donors (Lipinski definition) is 1. The Bertz CT molecular complexity index is 1440. The fourth-order valence-corrected chi connectivity index (χ4v) is 5.19. The van der Waals surface area contributed by atoms with Crippen LogP contribution in [0.25, 0.3) is 22.2 Å². The number of benzene rings is 1. The van der Waals surface area contributed by atoms with Crippen molar-refractivity contribution in [1.82, 2.24) is 24.4 Å². The maximum Gasteiger partial charge on any atom is 0.259 e. The molecular weight excluding hydrogens is 499 g/mol. The molecule has 0 unspecified atom stereocenters. The van der Waals surface area contributed by atoms with Crippen LogP contribution in [0.2, 0.25) is 10.0 Å². The lowest BCUT2D eigenvalue weighted by Crippen LogP contribution is -2.33. The summed E-state index contributed by atoms with van der Waals surface area (Å²) in [6.07, 6.45) is 5.70. The molecule has 1 fully saturated rings. The predicted octanol–water partition coefficient (Wildman–Crippen LogP) is 5.30. The highest BCUT2D eigenvalue weighted by atomic mass is 35.5. The van der Waals surface area contributed by atoms with Gasteiger partial charge in [0.15, 0.2) is 0 Å². The number of anilines is 2. The summed E-state index contributed by atoms with van der Waals surface area (Å²) in [5, 5.41) is 4.64. The van der Waals surface area contributed by atoms with Gasteiger partial charge in [0.25, 0.3) is 5.56 Å². The first-order chi connectivity index (χ1) is 17.4. The van der Waals surface area contributed by atoms with Gasteiger partial charge in [0.1, 0.15) is 12.3 Å². The van der Waals surface area contributed by atoms with Crippen LogP contribution in [0.4, 0.5) is 11.6 Å². The molecule has 1 saturated heterocycles. The summed E-state index contributed by atoms with van der Waals surface area (Å²) in [4.78, 5) is 28.9. The van der Waals surface area contributed by atoms with Gasteiger partial charge in [-0.1, -0.05) is 36.2 Å². The monoisotopic (exact) mass is 524 g/mol. The molecule has 186 valence electrons. The molecule has 4 aromatic rings. The lowest BCUT2D eigenvalue weighted by molar-refractivity contribution is 0.175. The smallest absolute Gasteiger partial charge is 0.259 e. The number of halogens is 2. The van der Waals surface area contributed by atoms with Crippen LogP contribution in [-0.2, 0) is 7.05 Å². The van der Waals surface area contributed by atoms with E-state index in [2.05, 4.69) is 32.1 Å². The summed E-state index contributed by atoms with van der Waals surface area (Å²) in [5.74, 6) is 0.928. The minimum absolute atomic E-state index is 0.255. The van der Waals surface area contributed by atoms with Gasteiger partial charge in [-0.25, -0.2) is 9.97 Å². The third-order valence-corrected chi connectivity index (χ3v) is 7.13. The van der Waals surface area contributed by atoms with Crippen LogP contribution in [0.15, 0.2) is 53.6 Å². The third-order valence-electron chi connectivity index (χ3n) is 6.50.